The Hall–Kier alpha value is -1.17. The van der Waals surface area contributed by atoms with E-state index in [-0.39, 0.29) is 10.7 Å². The summed E-state index contributed by atoms with van der Waals surface area (Å²) in [6, 6.07) is 6.28. The SMILES string of the molecule is O=[N+]([O-])c1cc(CNC2CCN3CCCC3C2)ccc1Cl. The molecule has 2 saturated heterocycles. The molecule has 0 spiro atoms. The average molecular weight is 310 g/mol. The molecular formula is C15H20ClN3O2. The first-order chi connectivity index (χ1) is 10.1. The molecule has 3 rings (SSSR count). The van der Waals surface area contributed by atoms with E-state index in [0.29, 0.717) is 12.6 Å². The van der Waals surface area contributed by atoms with E-state index in [4.69, 9.17) is 11.6 Å². The number of benzene rings is 1. The van der Waals surface area contributed by atoms with Crippen molar-refractivity contribution in [1.29, 1.82) is 0 Å². The summed E-state index contributed by atoms with van der Waals surface area (Å²) in [5.41, 5.74) is 0.904. The second-order valence-electron chi connectivity index (χ2n) is 5.98. The number of fused-ring (bicyclic) bond motifs is 1. The van der Waals surface area contributed by atoms with Crippen LogP contribution >= 0.6 is 11.6 Å². The quantitative estimate of drug-likeness (QED) is 0.686. The predicted octanol–water partition coefficient (Wildman–Crippen LogP) is 2.96. The van der Waals surface area contributed by atoms with Gasteiger partial charge in [0, 0.05) is 24.7 Å². The summed E-state index contributed by atoms with van der Waals surface area (Å²) in [4.78, 5) is 13.1. The van der Waals surface area contributed by atoms with Crippen LogP contribution in [0.1, 0.15) is 31.2 Å². The van der Waals surface area contributed by atoms with Crippen LogP contribution in [-0.4, -0.2) is 35.0 Å². The van der Waals surface area contributed by atoms with Crippen LogP contribution in [0, 0.1) is 10.1 Å². The molecule has 2 unspecified atom stereocenters. The van der Waals surface area contributed by atoms with Crippen LogP contribution in [0.15, 0.2) is 18.2 Å². The number of rotatable bonds is 4. The lowest BCUT2D eigenvalue weighted by Gasteiger charge is -2.35. The topological polar surface area (TPSA) is 58.4 Å². The fourth-order valence-corrected chi connectivity index (χ4v) is 3.67. The maximum absolute atomic E-state index is 10.9. The van der Waals surface area contributed by atoms with Crippen molar-refractivity contribution in [2.75, 3.05) is 13.1 Å². The molecular weight excluding hydrogens is 290 g/mol. The zero-order valence-electron chi connectivity index (χ0n) is 11.9. The molecule has 0 aliphatic carbocycles. The van der Waals surface area contributed by atoms with Crippen LogP contribution < -0.4 is 5.32 Å². The molecule has 0 saturated carbocycles. The molecule has 0 bridgehead atoms. The van der Waals surface area contributed by atoms with Gasteiger partial charge in [-0.15, -0.1) is 0 Å². The minimum atomic E-state index is -0.428. The third kappa shape index (κ3) is 3.36. The van der Waals surface area contributed by atoms with Gasteiger partial charge in [-0.2, -0.15) is 0 Å². The lowest BCUT2D eigenvalue weighted by molar-refractivity contribution is -0.384. The zero-order chi connectivity index (χ0) is 14.8. The van der Waals surface area contributed by atoms with E-state index in [1.165, 1.54) is 32.4 Å². The number of hydrogen-bond acceptors (Lipinski definition) is 4. The van der Waals surface area contributed by atoms with Gasteiger partial charge in [0.1, 0.15) is 5.02 Å². The normalized spacial score (nSPS) is 25.8. The number of nitrogens with one attached hydrogen (secondary N) is 1. The van der Waals surface area contributed by atoms with Crippen LogP contribution in [0.3, 0.4) is 0 Å². The molecule has 2 fully saturated rings. The second-order valence-corrected chi connectivity index (χ2v) is 6.38. The van der Waals surface area contributed by atoms with Crippen molar-refractivity contribution in [3.63, 3.8) is 0 Å². The first-order valence-corrected chi connectivity index (χ1v) is 7.91. The molecule has 2 heterocycles. The van der Waals surface area contributed by atoms with Crippen molar-refractivity contribution in [1.82, 2.24) is 10.2 Å². The lowest BCUT2D eigenvalue weighted by Crippen LogP contribution is -2.45. The van der Waals surface area contributed by atoms with Crippen LogP contribution in [0.2, 0.25) is 5.02 Å². The van der Waals surface area contributed by atoms with Gasteiger partial charge in [-0.05, 0) is 50.4 Å². The third-order valence-electron chi connectivity index (χ3n) is 4.62. The van der Waals surface area contributed by atoms with E-state index in [1.54, 1.807) is 12.1 Å². The predicted molar refractivity (Wildman–Crippen MR) is 82.6 cm³/mol. The Morgan fingerprint density at radius 2 is 2.24 bits per heavy atom. The molecule has 0 radical (unpaired) electrons. The molecule has 114 valence electrons. The van der Waals surface area contributed by atoms with Crippen molar-refractivity contribution >= 4 is 17.3 Å². The monoisotopic (exact) mass is 309 g/mol. The number of nitro benzene ring substituents is 1. The van der Waals surface area contributed by atoms with Gasteiger partial charge in [0.15, 0.2) is 0 Å². The van der Waals surface area contributed by atoms with Crippen molar-refractivity contribution in [3.8, 4) is 0 Å². The number of halogens is 1. The summed E-state index contributed by atoms with van der Waals surface area (Å²) >= 11 is 5.83. The first kappa shape index (κ1) is 14.8. The number of nitro groups is 1. The summed E-state index contributed by atoms with van der Waals surface area (Å²) in [5.74, 6) is 0. The molecule has 1 N–H and O–H groups in total. The van der Waals surface area contributed by atoms with Gasteiger partial charge >= 0.3 is 0 Å². The van der Waals surface area contributed by atoms with Gasteiger partial charge in [-0.25, -0.2) is 0 Å². The molecule has 1 aromatic carbocycles. The van der Waals surface area contributed by atoms with E-state index < -0.39 is 4.92 Å². The minimum Gasteiger partial charge on any atom is -0.310 e. The molecule has 1 aromatic rings. The van der Waals surface area contributed by atoms with E-state index in [2.05, 4.69) is 10.2 Å². The van der Waals surface area contributed by atoms with Crippen LogP contribution in [0.4, 0.5) is 5.69 Å². The Balaban J connectivity index is 1.58. The Bertz CT molecular complexity index is 538. The minimum absolute atomic E-state index is 0.0124. The fraction of sp³-hybridized carbons (Fsp3) is 0.600. The molecule has 0 aromatic heterocycles. The largest absolute Gasteiger partial charge is 0.310 e. The van der Waals surface area contributed by atoms with E-state index >= 15 is 0 Å². The van der Waals surface area contributed by atoms with Gasteiger partial charge in [0.25, 0.3) is 5.69 Å². The summed E-state index contributed by atoms with van der Waals surface area (Å²) in [6.07, 6.45) is 4.98. The van der Waals surface area contributed by atoms with Gasteiger partial charge in [-0.1, -0.05) is 17.7 Å². The highest BCUT2D eigenvalue weighted by Gasteiger charge is 2.31. The van der Waals surface area contributed by atoms with Gasteiger partial charge in [-0.3, -0.25) is 10.1 Å². The highest BCUT2D eigenvalue weighted by molar-refractivity contribution is 6.32. The highest BCUT2D eigenvalue weighted by atomic mass is 35.5. The smallest absolute Gasteiger partial charge is 0.288 e. The second kappa shape index (κ2) is 6.30. The standard InChI is InChI=1S/C15H20ClN3O2/c16-14-4-3-11(8-15(14)19(20)21)10-17-12-5-7-18-6-1-2-13(18)9-12/h3-4,8,12-13,17H,1-2,5-7,9-10H2. The zero-order valence-corrected chi connectivity index (χ0v) is 12.7. The van der Waals surface area contributed by atoms with Crippen LogP contribution in [0.5, 0.6) is 0 Å². The third-order valence-corrected chi connectivity index (χ3v) is 4.94. The van der Waals surface area contributed by atoms with E-state index in [1.807, 2.05) is 6.07 Å². The van der Waals surface area contributed by atoms with Crippen LogP contribution in [0.25, 0.3) is 0 Å². The van der Waals surface area contributed by atoms with Crippen LogP contribution in [-0.2, 0) is 6.54 Å². The molecule has 2 aliphatic heterocycles. The molecule has 5 nitrogen and oxygen atoms in total. The number of nitrogens with zero attached hydrogens (tertiary/aromatic N) is 2. The molecule has 2 atom stereocenters. The summed E-state index contributed by atoms with van der Waals surface area (Å²) in [6.45, 7) is 3.08. The van der Waals surface area contributed by atoms with Crippen molar-refractivity contribution in [2.45, 2.75) is 44.3 Å². The van der Waals surface area contributed by atoms with Crippen molar-refractivity contribution < 1.29 is 4.92 Å². The Labute approximate surface area is 129 Å². The van der Waals surface area contributed by atoms with Gasteiger partial charge < -0.3 is 10.2 Å². The number of hydrogen-bond donors (Lipinski definition) is 1. The fourth-order valence-electron chi connectivity index (χ4n) is 3.48. The van der Waals surface area contributed by atoms with Crippen molar-refractivity contribution in [2.24, 2.45) is 0 Å². The van der Waals surface area contributed by atoms with Gasteiger partial charge in [0.05, 0.1) is 4.92 Å². The maximum Gasteiger partial charge on any atom is 0.288 e. The highest BCUT2D eigenvalue weighted by Crippen LogP contribution is 2.28. The van der Waals surface area contributed by atoms with Gasteiger partial charge in [0.2, 0.25) is 0 Å². The first-order valence-electron chi connectivity index (χ1n) is 7.54. The molecule has 21 heavy (non-hydrogen) atoms. The maximum atomic E-state index is 10.9. The lowest BCUT2D eigenvalue weighted by atomic mass is 9.97. The molecule has 6 heteroatoms. The van der Waals surface area contributed by atoms with E-state index in [0.717, 1.165) is 18.0 Å². The summed E-state index contributed by atoms with van der Waals surface area (Å²) in [7, 11) is 0. The number of piperidine rings is 1. The molecule has 2 aliphatic rings. The Kier molecular flexibility index (Phi) is 4.42. The average Bonchev–Trinajstić information content (AvgIpc) is 2.93. The Morgan fingerprint density at radius 3 is 3.05 bits per heavy atom. The Morgan fingerprint density at radius 1 is 1.38 bits per heavy atom. The molecule has 0 amide bonds. The van der Waals surface area contributed by atoms with E-state index in [9.17, 15) is 10.1 Å². The summed E-state index contributed by atoms with van der Waals surface area (Å²) < 4.78 is 0. The van der Waals surface area contributed by atoms with Crippen molar-refractivity contribution in [3.05, 3.63) is 38.9 Å². The summed E-state index contributed by atoms with van der Waals surface area (Å²) in [5, 5.41) is 14.6.